The number of hydrogen-bond acceptors (Lipinski definition) is 3. The maximum absolute atomic E-state index is 12.5. The van der Waals surface area contributed by atoms with Gasteiger partial charge in [0.2, 0.25) is 0 Å². The summed E-state index contributed by atoms with van der Waals surface area (Å²) >= 11 is 0. The first kappa shape index (κ1) is 21.1. The first-order chi connectivity index (χ1) is 12.5. The Hall–Kier alpha value is -2.18. The molecule has 2 aromatic carbocycles. The van der Waals surface area contributed by atoms with Gasteiger partial charge < -0.3 is 14.8 Å². The number of hydrogen-bond donors (Lipinski definition) is 1. The topological polar surface area (TPSA) is 30.5 Å². The Kier molecular flexibility index (Phi) is 7.16. The van der Waals surface area contributed by atoms with Crippen LogP contribution in [0.5, 0.6) is 11.5 Å². The highest BCUT2D eigenvalue weighted by molar-refractivity contribution is 5.85. The van der Waals surface area contributed by atoms with E-state index in [9.17, 15) is 13.2 Å². The van der Waals surface area contributed by atoms with Crippen LogP contribution in [0.1, 0.15) is 16.7 Å². The van der Waals surface area contributed by atoms with E-state index in [-0.39, 0.29) is 12.4 Å². The maximum atomic E-state index is 12.5. The zero-order valence-electron chi connectivity index (χ0n) is 14.8. The molecule has 2 aromatic rings. The molecule has 0 spiro atoms. The molecule has 0 saturated carbocycles. The van der Waals surface area contributed by atoms with Gasteiger partial charge in [-0.1, -0.05) is 12.1 Å². The predicted octanol–water partition coefficient (Wildman–Crippen LogP) is 4.74. The predicted molar refractivity (Wildman–Crippen MR) is 102 cm³/mol. The second-order valence-corrected chi connectivity index (χ2v) is 6.12. The van der Waals surface area contributed by atoms with E-state index in [2.05, 4.69) is 11.4 Å². The highest BCUT2D eigenvalue weighted by Crippen LogP contribution is 2.30. The van der Waals surface area contributed by atoms with Crippen LogP contribution in [0.2, 0.25) is 0 Å². The average Bonchev–Trinajstić information content (AvgIpc) is 2.64. The van der Waals surface area contributed by atoms with Gasteiger partial charge in [-0.3, -0.25) is 0 Å². The molecule has 0 amide bonds. The Morgan fingerprint density at radius 2 is 1.85 bits per heavy atom. The summed E-state index contributed by atoms with van der Waals surface area (Å²) in [6, 6.07) is 11.0. The molecular formula is C20H21ClF3NO2. The molecule has 0 saturated heterocycles. The van der Waals surface area contributed by atoms with Gasteiger partial charge in [0, 0.05) is 18.2 Å². The molecule has 7 heteroatoms. The Balaban J connectivity index is 0.00000261. The molecule has 3 nitrogen and oxygen atoms in total. The van der Waals surface area contributed by atoms with E-state index in [0.717, 1.165) is 40.3 Å². The molecule has 1 N–H and O–H groups in total. The van der Waals surface area contributed by atoms with Crippen molar-refractivity contribution in [2.45, 2.75) is 12.6 Å². The van der Waals surface area contributed by atoms with Gasteiger partial charge in [0.25, 0.3) is 0 Å². The molecule has 1 aliphatic rings. The van der Waals surface area contributed by atoms with Crippen LogP contribution in [-0.4, -0.2) is 26.8 Å². The summed E-state index contributed by atoms with van der Waals surface area (Å²) in [4.78, 5) is 0. The van der Waals surface area contributed by atoms with Crippen LogP contribution in [0.3, 0.4) is 0 Å². The molecule has 0 bridgehead atoms. The fraction of sp³-hybridized carbons (Fsp3) is 0.300. The van der Waals surface area contributed by atoms with Crippen LogP contribution in [0, 0.1) is 0 Å². The van der Waals surface area contributed by atoms with Crippen LogP contribution in [0.25, 0.3) is 6.08 Å². The van der Waals surface area contributed by atoms with Crippen molar-refractivity contribution >= 4 is 18.5 Å². The van der Waals surface area contributed by atoms with E-state index in [1.54, 1.807) is 7.11 Å². The summed E-state index contributed by atoms with van der Waals surface area (Å²) in [5.74, 6) is 1.56. The van der Waals surface area contributed by atoms with Gasteiger partial charge in [0.1, 0.15) is 18.1 Å². The molecule has 0 atom stereocenters. The number of rotatable bonds is 6. The molecule has 0 fully saturated rings. The number of benzene rings is 2. The molecule has 1 heterocycles. The summed E-state index contributed by atoms with van der Waals surface area (Å²) in [6.07, 6.45) is -1.53. The highest BCUT2D eigenvalue weighted by atomic mass is 35.5. The molecule has 0 unspecified atom stereocenters. The lowest BCUT2D eigenvalue weighted by Crippen LogP contribution is -2.23. The van der Waals surface area contributed by atoms with Crippen molar-refractivity contribution in [1.29, 1.82) is 0 Å². The van der Waals surface area contributed by atoms with Crippen LogP contribution in [-0.2, 0) is 12.6 Å². The molecule has 146 valence electrons. The van der Waals surface area contributed by atoms with Crippen LogP contribution in [0.4, 0.5) is 13.2 Å². The Labute approximate surface area is 162 Å². The maximum Gasteiger partial charge on any atom is 0.416 e. The normalized spacial score (nSPS) is 13.1. The lowest BCUT2D eigenvalue weighted by Gasteiger charge is -2.19. The van der Waals surface area contributed by atoms with E-state index >= 15 is 0 Å². The minimum absolute atomic E-state index is 0. The van der Waals surface area contributed by atoms with Gasteiger partial charge >= 0.3 is 6.18 Å². The van der Waals surface area contributed by atoms with E-state index in [1.807, 2.05) is 18.2 Å². The molecule has 0 aromatic heterocycles. The van der Waals surface area contributed by atoms with Crippen molar-refractivity contribution in [2.24, 2.45) is 0 Å². The Morgan fingerprint density at radius 3 is 2.52 bits per heavy atom. The third-order valence-corrected chi connectivity index (χ3v) is 4.22. The number of fused-ring (bicyclic) bond motifs is 1. The fourth-order valence-corrected chi connectivity index (χ4v) is 2.76. The van der Waals surface area contributed by atoms with Crippen molar-refractivity contribution in [2.75, 3.05) is 26.8 Å². The van der Waals surface area contributed by atoms with Crippen LogP contribution < -0.4 is 14.8 Å². The quantitative estimate of drug-likeness (QED) is 0.711. The van der Waals surface area contributed by atoms with Gasteiger partial charge in [-0.05, 0) is 54.4 Å². The van der Waals surface area contributed by atoms with Crippen molar-refractivity contribution in [3.05, 3.63) is 64.7 Å². The van der Waals surface area contributed by atoms with Gasteiger partial charge in [-0.15, -0.1) is 12.4 Å². The molecular weight excluding hydrogens is 379 g/mol. The van der Waals surface area contributed by atoms with Crippen molar-refractivity contribution in [3.8, 4) is 11.5 Å². The van der Waals surface area contributed by atoms with Crippen molar-refractivity contribution in [1.82, 2.24) is 5.32 Å². The van der Waals surface area contributed by atoms with Gasteiger partial charge in [-0.2, -0.15) is 13.2 Å². The highest BCUT2D eigenvalue weighted by Gasteiger charge is 2.29. The standard InChI is InChI=1S/C20H20F3NO2.ClH/c1-25-18-7-4-16-10-15(13-26-19(16)11-18)12-24-9-8-14-2-5-17(6-3-14)20(21,22)23;/h2-7,10-11,24H,8-9,12-13H2,1H3;1H. The number of methoxy groups -OCH3 is 1. The summed E-state index contributed by atoms with van der Waals surface area (Å²) in [7, 11) is 1.62. The summed E-state index contributed by atoms with van der Waals surface area (Å²) < 4.78 is 48.6. The average molecular weight is 400 g/mol. The zero-order valence-corrected chi connectivity index (χ0v) is 15.6. The lowest BCUT2D eigenvalue weighted by atomic mass is 10.1. The van der Waals surface area contributed by atoms with E-state index in [1.165, 1.54) is 12.1 Å². The SMILES string of the molecule is COc1ccc2c(c1)OCC(CNCCc1ccc(C(F)(F)F)cc1)=C2.Cl. The summed E-state index contributed by atoms with van der Waals surface area (Å²) in [5.41, 5.74) is 2.39. The second kappa shape index (κ2) is 9.15. The third-order valence-electron chi connectivity index (χ3n) is 4.22. The number of nitrogens with one attached hydrogen (secondary N) is 1. The first-order valence-electron chi connectivity index (χ1n) is 8.33. The molecule has 1 aliphatic heterocycles. The van der Waals surface area contributed by atoms with Gasteiger partial charge in [-0.25, -0.2) is 0 Å². The molecule has 0 aliphatic carbocycles. The van der Waals surface area contributed by atoms with E-state index in [4.69, 9.17) is 9.47 Å². The number of ether oxygens (including phenoxy) is 2. The Bertz CT molecular complexity index is 789. The Morgan fingerprint density at radius 1 is 1.11 bits per heavy atom. The lowest BCUT2D eigenvalue weighted by molar-refractivity contribution is -0.137. The number of halogens is 4. The van der Waals surface area contributed by atoms with E-state index < -0.39 is 11.7 Å². The zero-order chi connectivity index (χ0) is 18.6. The van der Waals surface area contributed by atoms with Gasteiger partial charge in [0.15, 0.2) is 0 Å². The minimum Gasteiger partial charge on any atom is -0.497 e. The monoisotopic (exact) mass is 399 g/mol. The van der Waals surface area contributed by atoms with Crippen molar-refractivity contribution < 1.29 is 22.6 Å². The fourth-order valence-electron chi connectivity index (χ4n) is 2.76. The summed E-state index contributed by atoms with van der Waals surface area (Å²) in [6.45, 7) is 1.86. The largest absolute Gasteiger partial charge is 0.497 e. The van der Waals surface area contributed by atoms with Crippen molar-refractivity contribution in [3.63, 3.8) is 0 Å². The molecule has 3 rings (SSSR count). The van der Waals surface area contributed by atoms with Gasteiger partial charge in [0.05, 0.1) is 12.7 Å². The van der Waals surface area contributed by atoms with E-state index in [0.29, 0.717) is 26.1 Å². The minimum atomic E-state index is -4.29. The smallest absolute Gasteiger partial charge is 0.416 e. The molecule has 0 radical (unpaired) electrons. The van der Waals surface area contributed by atoms with Crippen LogP contribution >= 0.6 is 12.4 Å². The van der Waals surface area contributed by atoms with Crippen LogP contribution in [0.15, 0.2) is 48.0 Å². The summed E-state index contributed by atoms with van der Waals surface area (Å²) in [5, 5.41) is 3.31. The number of alkyl halides is 3. The molecule has 27 heavy (non-hydrogen) atoms. The second-order valence-electron chi connectivity index (χ2n) is 6.12. The third kappa shape index (κ3) is 5.65. The first-order valence-corrected chi connectivity index (χ1v) is 8.33.